The third-order valence-electron chi connectivity index (χ3n) is 7.81. The van der Waals surface area contributed by atoms with Crippen molar-refractivity contribution in [2.45, 2.75) is 39.7 Å². The standard InChI is InChI=1S/C32H36N6O4S/c1-4-25(5-2)34-9-10-38-11-12-42-30-17-22(7-8-27(30)32(38)39)24-16-28-29(20-36-31(28)35-19-24)23-13-21(18-33)14-26(15-23)37-43(40,41)6-3/h7-8,13-17,19-20,25,34,37H,4-6,9-12H2,1-3H3,(H,35,36). The van der Waals surface area contributed by atoms with E-state index in [9.17, 15) is 18.5 Å². The first kappa shape index (κ1) is 30.1. The number of hydrogen-bond donors (Lipinski definition) is 3. The van der Waals surface area contributed by atoms with Gasteiger partial charge >= 0.3 is 0 Å². The Hall–Kier alpha value is -4.40. The number of pyridine rings is 1. The normalized spacial score (nSPS) is 13.5. The number of nitriles is 1. The number of benzene rings is 2. The molecule has 0 atom stereocenters. The van der Waals surface area contributed by atoms with Gasteiger partial charge in [0.15, 0.2) is 0 Å². The molecular weight excluding hydrogens is 564 g/mol. The monoisotopic (exact) mass is 600 g/mol. The second-order valence-corrected chi connectivity index (χ2v) is 12.6. The van der Waals surface area contributed by atoms with E-state index in [2.05, 4.69) is 39.9 Å². The first-order chi connectivity index (χ1) is 20.7. The molecule has 5 rings (SSSR count). The number of ether oxygens (including phenoxy) is 1. The molecule has 0 fully saturated rings. The Balaban J connectivity index is 1.43. The van der Waals surface area contributed by atoms with Crippen LogP contribution in [0.3, 0.4) is 0 Å². The average molecular weight is 601 g/mol. The maximum Gasteiger partial charge on any atom is 0.257 e. The SMILES string of the molecule is CCC(CC)NCCN1CCOc2cc(-c3cnc4[nH]cc(-c5cc(C#N)cc(NS(=O)(=O)CC)c5)c4c3)ccc2C1=O. The van der Waals surface area contributed by atoms with Crippen LogP contribution in [0.1, 0.15) is 49.5 Å². The lowest BCUT2D eigenvalue weighted by Crippen LogP contribution is -2.40. The number of nitrogens with zero attached hydrogens (tertiary/aromatic N) is 3. The molecule has 224 valence electrons. The third kappa shape index (κ3) is 6.66. The number of rotatable bonds is 11. The van der Waals surface area contributed by atoms with Gasteiger partial charge in [-0.05, 0) is 67.3 Å². The lowest BCUT2D eigenvalue weighted by atomic mass is 9.99. The highest BCUT2D eigenvalue weighted by Crippen LogP contribution is 2.35. The summed E-state index contributed by atoms with van der Waals surface area (Å²) in [5.74, 6) is 0.420. The summed E-state index contributed by atoms with van der Waals surface area (Å²) in [6, 6.07) is 15.1. The number of carbonyl (C=O) groups is 1. The molecule has 3 N–H and O–H groups in total. The Labute approximate surface area is 252 Å². The molecule has 1 amide bonds. The van der Waals surface area contributed by atoms with Gasteiger partial charge in [-0.2, -0.15) is 5.26 Å². The summed E-state index contributed by atoms with van der Waals surface area (Å²) in [6.45, 7) is 8.15. The van der Waals surface area contributed by atoms with E-state index in [1.165, 1.54) is 6.07 Å². The third-order valence-corrected chi connectivity index (χ3v) is 9.12. The van der Waals surface area contributed by atoms with Crippen molar-refractivity contribution in [3.05, 3.63) is 66.0 Å². The highest BCUT2D eigenvalue weighted by molar-refractivity contribution is 7.92. The number of carbonyl (C=O) groups excluding carboxylic acids is 1. The number of H-pyrrole nitrogens is 1. The Kier molecular flexibility index (Phi) is 8.99. The molecule has 1 aliphatic rings. The van der Waals surface area contributed by atoms with Gasteiger partial charge in [-0.25, -0.2) is 13.4 Å². The quantitative estimate of drug-likeness (QED) is 0.216. The van der Waals surface area contributed by atoms with Crippen LogP contribution >= 0.6 is 0 Å². The van der Waals surface area contributed by atoms with Crippen molar-refractivity contribution in [3.8, 4) is 34.1 Å². The van der Waals surface area contributed by atoms with Crippen LogP contribution in [0.15, 0.2) is 54.9 Å². The second kappa shape index (κ2) is 12.9. The molecule has 2 aromatic carbocycles. The van der Waals surface area contributed by atoms with Crippen molar-refractivity contribution in [1.82, 2.24) is 20.2 Å². The van der Waals surface area contributed by atoms with Crippen LogP contribution in [0.25, 0.3) is 33.3 Å². The highest BCUT2D eigenvalue weighted by atomic mass is 32.2. The van der Waals surface area contributed by atoms with E-state index in [-0.39, 0.29) is 11.7 Å². The van der Waals surface area contributed by atoms with Gasteiger partial charge < -0.3 is 19.9 Å². The number of fused-ring (bicyclic) bond motifs is 2. The number of nitrogens with one attached hydrogen (secondary N) is 3. The fraction of sp³-hybridized carbons (Fsp3) is 0.344. The van der Waals surface area contributed by atoms with Crippen molar-refractivity contribution < 1.29 is 17.9 Å². The van der Waals surface area contributed by atoms with Gasteiger partial charge in [-0.1, -0.05) is 19.9 Å². The molecule has 0 bridgehead atoms. The van der Waals surface area contributed by atoms with E-state index < -0.39 is 10.0 Å². The topological polar surface area (TPSA) is 140 Å². The van der Waals surface area contributed by atoms with Gasteiger partial charge in [0, 0.05) is 48.0 Å². The van der Waals surface area contributed by atoms with Crippen molar-refractivity contribution >= 4 is 32.7 Å². The highest BCUT2D eigenvalue weighted by Gasteiger charge is 2.24. The van der Waals surface area contributed by atoms with Crippen LogP contribution < -0.4 is 14.8 Å². The zero-order chi connectivity index (χ0) is 30.6. The molecule has 4 aromatic rings. The van der Waals surface area contributed by atoms with Crippen LogP contribution in [0.5, 0.6) is 5.75 Å². The van der Waals surface area contributed by atoms with Crippen molar-refractivity contribution in [3.63, 3.8) is 0 Å². The molecule has 2 aromatic heterocycles. The van der Waals surface area contributed by atoms with Crippen LogP contribution in [0.4, 0.5) is 5.69 Å². The summed E-state index contributed by atoms with van der Waals surface area (Å²) >= 11 is 0. The lowest BCUT2D eigenvalue weighted by Gasteiger charge is -2.22. The van der Waals surface area contributed by atoms with Crippen LogP contribution in [-0.2, 0) is 10.0 Å². The van der Waals surface area contributed by atoms with Crippen LogP contribution in [0, 0.1) is 11.3 Å². The van der Waals surface area contributed by atoms with Gasteiger partial charge in [-0.3, -0.25) is 9.52 Å². The maximum atomic E-state index is 13.4. The Morgan fingerprint density at radius 2 is 1.88 bits per heavy atom. The molecule has 0 aliphatic carbocycles. The van der Waals surface area contributed by atoms with Crippen molar-refractivity contribution in [1.29, 1.82) is 5.26 Å². The number of aromatic amines is 1. The Morgan fingerprint density at radius 1 is 1.07 bits per heavy atom. The maximum absolute atomic E-state index is 13.4. The molecular formula is C32H36N6O4S. The van der Waals surface area contributed by atoms with Crippen LogP contribution in [0.2, 0.25) is 0 Å². The summed E-state index contributed by atoms with van der Waals surface area (Å²) < 4.78 is 33.0. The van der Waals surface area contributed by atoms with E-state index in [4.69, 9.17) is 4.74 Å². The first-order valence-electron chi connectivity index (χ1n) is 14.6. The van der Waals surface area contributed by atoms with Crippen LogP contribution in [-0.4, -0.2) is 67.2 Å². The summed E-state index contributed by atoms with van der Waals surface area (Å²) in [4.78, 5) is 23.0. The fourth-order valence-corrected chi connectivity index (χ4v) is 5.91. The number of hydrogen-bond acceptors (Lipinski definition) is 7. The molecule has 0 unspecified atom stereocenters. The van der Waals surface area contributed by atoms with E-state index in [0.717, 1.165) is 41.5 Å². The molecule has 43 heavy (non-hydrogen) atoms. The number of amides is 1. The minimum Gasteiger partial charge on any atom is -0.491 e. The van der Waals surface area contributed by atoms with Gasteiger partial charge in [0.25, 0.3) is 5.91 Å². The van der Waals surface area contributed by atoms with E-state index >= 15 is 0 Å². The second-order valence-electron chi connectivity index (χ2n) is 10.6. The Morgan fingerprint density at radius 3 is 2.63 bits per heavy atom. The van der Waals surface area contributed by atoms with Crippen molar-refractivity contribution in [2.75, 3.05) is 36.7 Å². The largest absolute Gasteiger partial charge is 0.491 e. The summed E-state index contributed by atoms with van der Waals surface area (Å²) in [6.07, 6.45) is 5.66. The van der Waals surface area contributed by atoms with E-state index in [0.29, 0.717) is 59.5 Å². The van der Waals surface area contributed by atoms with E-state index in [1.54, 1.807) is 31.5 Å². The first-order valence-corrected chi connectivity index (χ1v) is 16.2. The average Bonchev–Trinajstić information content (AvgIpc) is 3.38. The molecule has 1 aliphatic heterocycles. The number of aromatic nitrogens is 2. The molecule has 0 radical (unpaired) electrons. The fourth-order valence-electron chi connectivity index (χ4n) is 5.29. The smallest absolute Gasteiger partial charge is 0.257 e. The Bertz CT molecular complexity index is 1790. The molecule has 0 saturated carbocycles. The number of sulfonamides is 1. The molecule has 11 heteroatoms. The molecule has 0 spiro atoms. The van der Waals surface area contributed by atoms with Gasteiger partial charge in [0.05, 0.1) is 35.2 Å². The predicted molar refractivity (Wildman–Crippen MR) is 169 cm³/mol. The van der Waals surface area contributed by atoms with Gasteiger partial charge in [0.1, 0.15) is 18.0 Å². The lowest BCUT2D eigenvalue weighted by molar-refractivity contribution is 0.0755. The summed E-state index contributed by atoms with van der Waals surface area (Å²) in [5.41, 5.74) is 4.96. The minimum atomic E-state index is -3.52. The zero-order valence-corrected chi connectivity index (χ0v) is 25.4. The minimum absolute atomic E-state index is 0.0428. The zero-order valence-electron chi connectivity index (χ0n) is 24.6. The molecule has 3 heterocycles. The predicted octanol–water partition coefficient (Wildman–Crippen LogP) is 5.14. The number of anilines is 1. The molecule has 10 nitrogen and oxygen atoms in total. The summed E-state index contributed by atoms with van der Waals surface area (Å²) in [5, 5.41) is 13.9. The van der Waals surface area contributed by atoms with Crippen molar-refractivity contribution in [2.24, 2.45) is 0 Å². The molecule has 0 saturated heterocycles. The van der Waals surface area contributed by atoms with Gasteiger partial charge in [-0.15, -0.1) is 0 Å². The van der Waals surface area contributed by atoms with Gasteiger partial charge in [0.2, 0.25) is 10.0 Å². The summed E-state index contributed by atoms with van der Waals surface area (Å²) in [7, 11) is -3.52. The van der Waals surface area contributed by atoms with E-state index in [1.807, 2.05) is 29.2 Å².